The van der Waals surface area contributed by atoms with Gasteiger partial charge in [0.25, 0.3) is 0 Å². The summed E-state index contributed by atoms with van der Waals surface area (Å²) in [6, 6.07) is 8.94. The molecule has 0 amide bonds. The summed E-state index contributed by atoms with van der Waals surface area (Å²) in [7, 11) is 1.88. The van der Waals surface area contributed by atoms with Gasteiger partial charge in [-0.05, 0) is 31.8 Å². The average Bonchev–Trinajstić information content (AvgIpc) is 3.31. The summed E-state index contributed by atoms with van der Waals surface area (Å²) in [5, 5.41) is 0. The Hall–Kier alpha value is -2.51. The first-order chi connectivity index (χ1) is 14.4. The predicted molar refractivity (Wildman–Crippen MR) is 103 cm³/mol. The first-order valence-electron chi connectivity index (χ1n) is 8.96. The second kappa shape index (κ2) is 9.74. The Labute approximate surface area is 192 Å². The standard InChI is InChI=1S/C21H17F4N5.Pt/c1-26(12-27-6-8-29(14-27)20-4-2-16(22)10-18(20)24)13-28-7-9-30(15-28)21-5-3-17(23)11-19(21)25;/h2-3,6-11,14-15H,12-13H2,1H3;/q-4;+4. The van der Waals surface area contributed by atoms with Gasteiger partial charge in [-0.1, -0.05) is 11.4 Å². The van der Waals surface area contributed by atoms with E-state index in [-0.39, 0.29) is 32.4 Å². The molecule has 10 heteroatoms. The molecule has 0 N–H and O–H groups in total. The first kappa shape index (κ1) is 23.2. The van der Waals surface area contributed by atoms with Crippen LogP contribution in [-0.2, 0) is 21.1 Å². The molecule has 0 spiro atoms. The van der Waals surface area contributed by atoms with E-state index in [0.717, 1.165) is 24.3 Å². The molecule has 0 aliphatic carbocycles. The van der Waals surface area contributed by atoms with Gasteiger partial charge in [-0.25, -0.2) is 0 Å². The second-order valence-corrected chi connectivity index (χ2v) is 6.84. The number of anilines is 2. The van der Waals surface area contributed by atoms with E-state index in [0.29, 0.717) is 13.3 Å². The summed E-state index contributed by atoms with van der Waals surface area (Å²) < 4.78 is 54.0. The Bertz CT molecular complexity index is 909. The second-order valence-electron chi connectivity index (χ2n) is 6.84. The number of hydrogen-bond acceptors (Lipinski definition) is 5. The van der Waals surface area contributed by atoms with Crippen molar-refractivity contribution >= 4 is 11.4 Å². The maximum absolute atomic E-state index is 13.9. The molecule has 2 aromatic carbocycles. The van der Waals surface area contributed by atoms with Crippen LogP contribution in [0, 0.1) is 48.7 Å². The molecule has 0 aromatic heterocycles. The molecule has 0 unspecified atom stereocenters. The number of rotatable bonds is 6. The van der Waals surface area contributed by atoms with Gasteiger partial charge in [-0.2, -0.15) is 25.5 Å². The fourth-order valence-electron chi connectivity index (χ4n) is 3.09. The Morgan fingerprint density at radius 1 is 0.774 bits per heavy atom. The molecule has 0 fully saturated rings. The van der Waals surface area contributed by atoms with Gasteiger partial charge in [0.05, 0.1) is 0 Å². The van der Waals surface area contributed by atoms with Crippen molar-refractivity contribution in [3.8, 4) is 0 Å². The third kappa shape index (κ3) is 5.40. The first-order valence-corrected chi connectivity index (χ1v) is 8.96. The van der Waals surface area contributed by atoms with E-state index in [1.165, 1.54) is 9.80 Å². The summed E-state index contributed by atoms with van der Waals surface area (Å²) in [6.07, 6.45) is 6.81. The average molecular weight is 610 g/mol. The summed E-state index contributed by atoms with van der Waals surface area (Å²) in [5.74, 6) is -2.77. The number of halogens is 4. The third-order valence-electron chi connectivity index (χ3n) is 4.38. The van der Waals surface area contributed by atoms with Crippen LogP contribution in [0.15, 0.2) is 49.1 Å². The Morgan fingerprint density at radius 3 is 1.58 bits per heavy atom. The molecule has 0 radical (unpaired) electrons. The Kier molecular flexibility index (Phi) is 7.28. The predicted octanol–water partition coefficient (Wildman–Crippen LogP) is 3.81. The minimum Gasteiger partial charge on any atom is -0.498 e. The summed E-state index contributed by atoms with van der Waals surface area (Å²) in [4.78, 5) is 8.63. The zero-order chi connectivity index (χ0) is 21.3. The van der Waals surface area contributed by atoms with Crippen LogP contribution in [0.4, 0.5) is 28.9 Å². The molecule has 0 saturated heterocycles. The van der Waals surface area contributed by atoms with Gasteiger partial charge in [0.15, 0.2) is 0 Å². The molecule has 2 aliphatic rings. The van der Waals surface area contributed by atoms with Crippen molar-refractivity contribution < 1.29 is 38.6 Å². The molecular formula is C21H17F4N5Pt. The van der Waals surface area contributed by atoms with E-state index < -0.39 is 23.3 Å². The molecule has 0 saturated carbocycles. The Balaban J connectivity index is 0.00000272. The molecule has 2 aromatic rings. The van der Waals surface area contributed by atoms with E-state index in [1.54, 1.807) is 38.1 Å². The molecular weight excluding hydrogens is 593 g/mol. The van der Waals surface area contributed by atoms with Gasteiger partial charge < -0.3 is 19.6 Å². The fourth-order valence-corrected chi connectivity index (χ4v) is 3.09. The molecule has 2 aliphatic heterocycles. The smallest absolute Gasteiger partial charge is 0.498 e. The molecule has 4 rings (SSSR count). The van der Waals surface area contributed by atoms with Gasteiger partial charge in [0, 0.05) is 36.6 Å². The summed E-state index contributed by atoms with van der Waals surface area (Å²) >= 11 is 0. The zero-order valence-electron chi connectivity index (χ0n) is 16.3. The molecule has 31 heavy (non-hydrogen) atoms. The van der Waals surface area contributed by atoms with Crippen molar-refractivity contribution in [1.29, 1.82) is 0 Å². The van der Waals surface area contributed by atoms with E-state index in [2.05, 4.69) is 12.1 Å². The topological polar surface area (TPSA) is 16.2 Å². The molecule has 5 nitrogen and oxygen atoms in total. The van der Waals surface area contributed by atoms with E-state index in [1.807, 2.05) is 21.7 Å². The minimum atomic E-state index is -0.701. The van der Waals surface area contributed by atoms with Crippen molar-refractivity contribution in [2.75, 3.05) is 30.2 Å². The quantitative estimate of drug-likeness (QED) is 0.365. The van der Waals surface area contributed by atoms with Gasteiger partial charge in [-0.15, -0.1) is 24.3 Å². The van der Waals surface area contributed by atoms with Crippen LogP contribution in [-0.4, -0.2) is 35.1 Å². The van der Waals surface area contributed by atoms with E-state index in [4.69, 9.17) is 0 Å². The number of benzene rings is 2. The van der Waals surface area contributed by atoms with Gasteiger partial charge >= 0.3 is 21.1 Å². The third-order valence-corrected chi connectivity index (χ3v) is 4.38. The van der Waals surface area contributed by atoms with Crippen LogP contribution in [0.5, 0.6) is 0 Å². The zero-order valence-corrected chi connectivity index (χ0v) is 18.5. The Morgan fingerprint density at radius 2 is 1.19 bits per heavy atom. The van der Waals surface area contributed by atoms with Crippen LogP contribution in [0.2, 0.25) is 0 Å². The number of nitrogens with zero attached hydrogens (tertiary/aromatic N) is 5. The largest absolute Gasteiger partial charge is 4.00 e. The molecule has 0 atom stereocenters. The normalized spacial score (nSPS) is 15.4. The van der Waals surface area contributed by atoms with Crippen molar-refractivity contribution in [1.82, 2.24) is 14.7 Å². The van der Waals surface area contributed by atoms with Crippen molar-refractivity contribution in [2.45, 2.75) is 0 Å². The van der Waals surface area contributed by atoms with E-state index >= 15 is 0 Å². The van der Waals surface area contributed by atoms with Crippen LogP contribution < -0.4 is 9.80 Å². The van der Waals surface area contributed by atoms with Gasteiger partial charge in [-0.3, -0.25) is 22.5 Å². The minimum absolute atomic E-state index is 0. The van der Waals surface area contributed by atoms with Crippen molar-refractivity contribution in [3.05, 3.63) is 97.8 Å². The van der Waals surface area contributed by atoms with Crippen molar-refractivity contribution in [3.63, 3.8) is 0 Å². The van der Waals surface area contributed by atoms with Crippen LogP contribution in [0.25, 0.3) is 0 Å². The van der Waals surface area contributed by atoms with Gasteiger partial charge in [0.1, 0.15) is 0 Å². The molecule has 2 heterocycles. The summed E-state index contributed by atoms with van der Waals surface area (Å²) in [6.45, 7) is 4.29. The fraction of sp³-hybridized carbons (Fsp3) is 0.143. The number of hydrogen-bond donors (Lipinski definition) is 0. The van der Waals surface area contributed by atoms with Crippen LogP contribution >= 0.6 is 0 Å². The maximum atomic E-state index is 13.9. The maximum Gasteiger partial charge on any atom is 4.00 e. The van der Waals surface area contributed by atoms with E-state index in [9.17, 15) is 17.6 Å². The van der Waals surface area contributed by atoms with Crippen LogP contribution in [0.1, 0.15) is 0 Å². The SMILES string of the molecule is CN(CN1C=CN(c2[c-]cc(F)cc2F)[CH-]1)CN1C=CN(c2[c-]cc(F)cc2F)[CH-]1.[Pt+4]. The van der Waals surface area contributed by atoms with Gasteiger partial charge in [0.2, 0.25) is 0 Å². The van der Waals surface area contributed by atoms with Crippen LogP contribution in [0.3, 0.4) is 0 Å². The molecule has 164 valence electrons. The summed E-state index contributed by atoms with van der Waals surface area (Å²) in [5.41, 5.74) is 0.253. The monoisotopic (exact) mass is 610 g/mol. The van der Waals surface area contributed by atoms with Crippen molar-refractivity contribution in [2.24, 2.45) is 0 Å². The molecule has 0 bridgehead atoms.